The number of benzene rings is 2. The van der Waals surface area contributed by atoms with E-state index in [0.29, 0.717) is 39.2 Å². The van der Waals surface area contributed by atoms with Crippen molar-refractivity contribution in [2.75, 3.05) is 26.2 Å². The summed E-state index contributed by atoms with van der Waals surface area (Å²) in [6.45, 7) is 2.87. The summed E-state index contributed by atoms with van der Waals surface area (Å²) in [5.74, 6) is 0.127. The molecule has 2 amide bonds. The molecule has 1 atom stereocenters. The van der Waals surface area contributed by atoms with Gasteiger partial charge in [-0.25, -0.2) is 0 Å². The monoisotopic (exact) mass is 364 g/mol. The van der Waals surface area contributed by atoms with Crippen LogP contribution in [0.1, 0.15) is 27.9 Å². The first kappa shape index (κ1) is 17.7. The number of ether oxygens (including phenoxy) is 1. The third kappa shape index (κ3) is 4.03. The molecule has 140 valence electrons. The highest BCUT2D eigenvalue weighted by Crippen LogP contribution is 2.22. The molecule has 2 aliphatic rings. The molecule has 0 saturated carbocycles. The second-order valence-electron chi connectivity index (χ2n) is 7.16. The van der Waals surface area contributed by atoms with Crippen LogP contribution in [0.3, 0.4) is 0 Å². The van der Waals surface area contributed by atoms with Crippen LogP contribution in [0.4, 0.5) is 0 Å². The summed E-state index contributed by atoms with van der Waals surface area (Å²) in [7, 11) is 0. The van der Waals surface area contributed by atoms with Gasteiger partial charge in [0.05, 0.1) is 12.7 Å². The van der Waals surface area contributed by atoms with E-state index in [9.17, 15) is 9.59 Å². The molecule has 5 heteroatoms. The first-order chi connectivity index (χ1) is 13.2. The Kier molecular flexibility index (Phi) is 5.21. The predicted octanol–water partition coefficient (Wildman–Crippen LogP) is 2.50. The standard InChI is InChI=1S/C22H24N2O3/c25-21(10-11-24-15-18-8-4-5-9-20(18)22(24)26)23-12-13-27-19(16-23)14-17-6-2-1-3-7-17/h1-9,19H,10-16H2/t19-/m0/s1. The second kappa shape index (κ2) is 7.92. The molecule has 2 aromatic rings. The van der Waals surface area contributed by atoms with Gasteiger partial charge in [-0.2, -0.15) is 0 Å². The lowest BCUT2D eigenvalue weighted by Gasteiger charge is -2.33. The van der Waals surface area contributed by atoms with Gasteiger partial charge in [-0.1, -0.05) is 48.5 Å². The SMILES string of the molecule is O=C(CCN1Cc2ccccc2C1=O)N1CCO[C@@H](Cc2ccccc2)C1. The van der Waals surface area contributed by atoms with E-state index in [0.717, 1.165) is 17.5 Å². The second-order valence-corrected chi connectivity index (χ2v) is 7.16. The molecular formula is C22H24N2O3. The fraction of sp³-hybridized carbons (Fsp3) is 0.364. The molecule has 2 aliphatic heterocycles. The van der Waals surface area contributed by atoms with Crippen molar-refractivity contribution in [3.8, 4) is 0 Å². The first-order valence-corrected chi connectivity index (χ1v) is 9.51. The summed E-state index contributed by atoms with van der Waals surface area (Å²) in [6.07, 6.45) is 1.20. The molecule has 1 saturated heterocycles. The first-order valence-electron chi connectivity index (χ1n) is 9.51. The Balaban J connectivity index is 1.29. The number of morpholine rings is 1. The van der Waals surface area contributed by atoms with Crippen molar-refractivity contribution in [1.82, 2.24) is 9.80 Å². The van der Waals surface area contributed by atoms with Gasteiger partial charge in [-0.15, -0.1) is 0 Å². The maximum Gasteiger partial charge on any atom is 0.254 e. The topological polar surface area (TPSA) is 49.9 Å². The highest BCUT2D eigenvalue weighted by atomic mass is 16.5. The molecular weight excluding hydrogens is 340 g/mol. The van der Waals surface area contributed by atoms with Gasteiger partial charge in [-0.3, -0.25) is 9.59 Å². The molecule has 27 heavy (non-hydrogen) atoms. The summed E-state index contributed by atoms with van der Waals surface area (Å²) in [4.78, 5) is 28.7. The molecule has 0 aromatic heterocycles. The quantitative estimate of drug-likeness (QED) is 0.819. The number of carbonyl (C=O) groups excluding carboxylic acids is 2. The van der Waals surface area contributed by atoms with Crippen molar-refractivity contribution >= 4 is 11.8 Å². The Morgan fingerprint density at radius 3 is 2.67 bits per heavy atom. The molecule has 0 N–H and O–H groups in total. The maximum atomic E-state index is 12.7. The molecule has 2 aromatic carbocycles. The number of hydrogen-bond acceptors (Lipinski definition) is 3. The number of nitrogens with zero attached hydrogens (tertiary/aromatic N) is 2. The van der Waals surface area contributed by atoms with Crippen LogP contribution in [0, 0.1) is 0 Å². The molecule has 5 nitrogen and oxygen atoms in total. The Bertz CT molecular complexity index is 821. The van der Waals surface area contributed by atoms with Gasteiger partial charge in [-0.05, 0) is 17.2 Å². The van der Waals surface area contributed by atoms with Crippen LogP contribution in [0.25, 0.3) is 0 Å². The van der Waals surface area contributed by atoms with Crippen molar-refractivity contribution in [3.05, 3.63) is 71.3 Å². The number of hydrogen-bond donors (Lipinski definition) is 0. The van der Waals surface area contributed by atoms with Crippen LogP contribution < -0.4 is 0 Å². The summed E-state index contributed by atoms with van der Waals surface area (Å²) in [5.41, 5.74) is 3.03. The van der Waals surface area contributed by atoms with Crippen LogP contribution in [-0.4, -0.2) is 54.0 Å². The lowest BCUT2D eigenvalue weighted by molar-refractivity contribution is -0.138. The normalized spacial score (nSPS) is 19.3. The molecule has 2 heterocycles. The Morgan fingerprint density at radius 2 is 1.85 bits per heavy atom. The van der Waals surface area contributed by atoms with Gasteiger partial charge >= 0.3 is 0 Å². The van der Waals surface area contributed by atoms with Gasteiger partial charge < -0.3 is 14.5 Å². The van der Waals surface area contributed by atoms with Crippen LogP contribution in [0.5, 0.6) is 0 Å². The molecule has 0 unspecified atom stereocenters. The van der Waals surface area contributed by atoms with Crippen molar-refractivity contribution < 1.29 is 14.3 Å². The van der Waals surface area contributed by atoms with Gasteiger partial charge in [0.2, 0.25) is 5.91 Å². The van der Waals surface area contributed by atoms with Crippen molar-refractivity contribution in [3.63, 3.8) is 0 Å². The van der Waals surface area contributed by atoms with Crippen molar-refractivity contribution in [1.29, 1.82) is 0 Å². The van der Waals surface area contributed by atoms with E-state index in [2.05, 4.69) is 12.1 Å². The van der Waals surface area contributed by atoms with E-state index in [1.807, 2.05) is 47.4 Å². The van der Waals surface area contributed by atoms with E-state index >= 15 is 0 Å². The van der Waals surface area contributed by atoms with E-state index in [1.165, 1.54) is 5.56 Å². The zero-order valence-electron chi connectivity index (χ0n) is 15.3. The summed E-state index contributed by atoms with van der Waals surface area (Å²) in [5, 5.41) is 0. The number of fused-ring (bicyclic) bond motifs is 1. The maximum absolute atomic E-state index is 12.7. The minimum Gasteiger partial charge on any atom is -0.374 e. The van der Waals surface area contributed by atoms with E-state index in [4.69, 9.17) is 4.74 Å². The van der Waals surface area contributed by atoms with Gasteiger partial charge in [0.1, 0.15) is 0 Å². The largest absolute Gasteiger partial charge is 0.374 e. The Hall–Kier alpha value is -2.66. The zero-order chi connectivity index (χ0) is 18.6. The zero-order valence-corrected chi connectivity index (χ0v) is 15.3. The van der Waals surface area contributed by atoms with Gasteiger partial charge in [0, 0.05) is 44.6 Å². The van der Waals surface area contributed by atoms with E-state index < -0.39 is 0 Å². The fourth-order valence-corrected chi connectivity index (χ4v) is 3.83. The number of amides is 2. The molecule has 4 rings (SSSR count). The fourth-order valence-electron chi connectivity index (χ4n) is 3.83. The van der Waals surface area contributed by atoms with Crippen LogP contribution >= 0.6 is 0 Å². The minimum atomic E-state index is 0.0299. The third-order valence-corrected chi connectivity index (χ3v) is 5.29. The van der Waals surface area contributed by atoms with Crippen LogP contribution in [-0.2, 0) is 22.5 Å². The smallest absolute Gasteiger partial charge is 0.254 e. The van der Waals surface area contributed by atoms with Crippen molar-refractivity contribution in [2.24, 2.45) is 0 Å². The van der Waals surface area contributed by atoms with Crippen LogP contribution in [0.2, 0.25) is 0 Å². The highest BCUT2D eigenvalue weighted by Gasteiger charge is 2.29. The Morgan fingerprint density at radius 1 is 1.07 bits per heavy atom. The lowest BCUT2D eigenvalue weighted by Crippen LogP contribution is -2.47. The van der Waals surface area contributed by atoms with Crippen molar-refractivity contribution in [2.45, 2.75) is 25.5 Å². The number of rotatable bonds is 5. The minimum absolute atomic E-state index is 0.0299. The molecule has 0 spiro atoms. The molecule has 0 radical (unpaired) electrons. The number of carbonyl (C=O) groups is 2. The molecule has 1 fully saturated rings. The Labute approximate surface area is 159 Å². The van der Waals surface area contributed by atoms with Gasteiger partial charge in [0.25, 0.3) is 5.91 Å². The summed E-state index contributed by atoms with van der Waals surface area (Å²) in [6, 6.07) is 17.9. The molecule has 0 bridgehead atoms. The summed E-state index contributed by atoms with van der Waals surface area (Å²) < 4.78 is 5.84. The predicted molar refractivity (Wildman–Crippen MR) is 102 cm³/mol. The van der Waals surface area contributed by atoms with E-state index in [-0.39, 0.29) is 17.9 Å². The van der Waals surface area contributed by atoms with Crippen LogP contribution in [0.15, 0.2) is 54.6 Å². The summed E-state index contributed by atoms with van der Waals surface area (Å²) >= 11 is 0. The average Bonchev–Trinajstić information content (AvgIpc) is 3.03. The third-order valence-electron chi connectivity index (χ3n) is 5.29. The molecule has 0 aliphatic carbocycles. The average molecular weight is 364 g/mol. The van der Waals surface area contributed by atoms with E-state index in [1.54, 1.807) is 4.90 Å². The highest BCUT2D eigenvalue weighted by molar-refractivity contribution is 5.98. The van der Waals surface area contributed by atoms with Gasteiger partial charge in [0.15, 0.2) is 0 Å². The lowest BCUT2D eigenvalue weighted by atomic mass is 10.1.